The molecule has 0 spiro atoms. The summed E-state index contributed by atoms with van der Waals surface area (Å²) in [6, 6.07) is 11.9. The molecular weight excluding hydrogens is 376 g/mol. The molecule has 7 heteroatoms. The molecule has 0 saturated carbocycles. The molecule has 0 aliphatic rings. The Kier molecular flexibility index (Phi) is 5.94. The Morgan fingerprint density at radius 1 is 1.11 bits per heavy atom. The minimum absolute atomic E-state index is 0.262. The maximum Gasteiger partial charge on any atom is 0.350 e. The number of aromatic nitrogens is 1. The van der Waals surface area contributed by atoms with Gasteiger partial charge in [-0.3, -0.25) is 4.79 Å². The van der Waals surface area contributed by atoms with E-state index in [1.807, 2.05) is 43.3 Å². The van der Waals surface area contributed by atoms with Crippen molar-refractivity contribution < 1.29 is 19.1 Å². The van der Waals surface area contributed by atoms with Gasteiger partial charge in [-0.25, -0.2) is 9.78 Å². The third-order valence-corrected chi connectivity index (χ3v) is 5.43. The number of carbonyl (C=O) groups is 2. The fourth-order valence-corrected chi connectivity index (χ4v) is 3.70. The van der Waals surface area contributed by atoms with Crippen molar-refractivity contribution in [1.29, 1.82) is 0 Å². The van der Waals surface area contributed by atoms with Gasteiger partial charge in [-0.05, 0) is 48.4 Å². The predicted octanol–water partition coefficient (Wildman–Crippen LogP) is 3.74. The van der Waals surface area contributed by atoms with E-state index in [1.54, 1.807) is 26.0 Å². The van der Waals surface area contributed by atoms with Crippen LogP contribution >= 0.6 is 11.3 Å². The SMILES string of the molecule is COc1ccc2cc(CN(C)C(=O)COC(=O)c3sc(C)nc3C)ccc2c1. The molecule has 28 heavy (non-hydrogen) atoms. The van der Waals surface area contributed by atoms with Crippen molar-refractivity contribution in [2.75, 3.05) is 20.8 Å². The highest BCUT2D eigenvalue weighted by atomic mass is 32.1. The Morgan fingerprint density at radius 3 is 2.50 bits per heavy atom. The number of methoxy groups -OCH3 is 1. The number of ether oxygens (including phenoxy) is 2. The third kappa shape index (κ3) is 4.48. The molecule has 0 aliphatic carbocycles. The average molecular weight is 398 g/mol. The lowest BCUT2D eigenvalue weighted by molar-refractivity contribution is -0.133. The first-order valence-electron chi connectivity index (χ1n) is 8.79. The van der Waals surface area contributed by atoms with Gasteiger partial charge >= 0.3 is 5.97 Å². The number of likely N-dealkylation sites (N-methyl/N-ethyl adjacent to an activating group) is 1. The zero-order valence-electron chi connectivity index (χ0n) is 16.3. The Hall–Kier alpha value is -2.93. The molecule has 2 aromatic carbocycles. The number of hydrogen-bond acceptors (Lipinski definition) is 6. The molecule has 0 unspecified atom stereocenters. The van der Waals surface area contributed by atoms with Gasteiger partial charge in [-0.2, -0.15) is 0 Å². The molecule has 3 rings (SSSR count). The molecule has 6 nitrogen and oxygen atoms in total. The van der Waals surface area contributed by atoms with Crippen molar-refractivity contribution in [3.63, 3.8) is 0 Å². The van der Waals surface area contributed by atoms with Crippen molar-refractivity contribution in [2.24, 2.45) is 0 Å². The fraction of sp³-hybridized carbons (Fsp3) is 0.286. The molecule has 3 aromatic rings. The second-order valence-electron chi connectivity index (χ2n) is 6.52. The number of rotatable bonds is 6. The molecule has 0 saturated heterocycles. The van der Waals surface area contributed by atoms with Gasteiger partial charge in [0.25, 0.3) is 5.91 Å². The highest BCUT2D eigenvalue weighted by Crippen LogP contribution is 2.22. The number of benzene rings is 2. The van der Waals surface area contributed by atoms with E-state index in [2.05, 4.69) is 4.98 Å². The van der Waals surface area contributed by atoms with Crippen LogP contribution in [-0.2, 0) is 16.1 Å². The number of hydrogen-bond donors (Lipinski definition) is 0. The zero-order chi connectivity index (χ0) is 20.3. The van der Waals surface area contributed by atoms with Crippen LogP contribution in [0, 0.1) is 13.8 Å². The number of carbonyl (C=O) groups excluding carboxylic acids is 2. The van der Waals surface area contributed by atoms with E-state index in [0.717, 1.165) is 27.1 Å². The van der Waals surface area contributed by atoms with Gasteiger partial charge in [0.05, 0.1) is 17.8 Å². The third-order valence-electron chi connectivity index (χ3n) is 4.37. The Balaban J connectivity index is 1.60. The summed E-state index contributed by atoms with van der Waals surface area (Å²) in [4.78, 5) is 30.7. The molecule has 0 N–H and O–H groups in total. The maximum absolute atomic E-state index is 12.3. The first kappa shape index (κ1) is 19.8. The van der Waals surface area contributed by atoms with Crippen LogP contribution < -0.4 is 4.74 Å². The first-order chi connectivity index (χ1) is 13.4. The second-order valence-corrected chi connectivity index (χ2v) is 7.72. The van der Waals surface area contributed by atoms with E-state index in [9.17, 15) is 9.59 Å². The summed E-state index contributed by atoms with van der Waals surface area (Å²) in [5.41, 5.74) is 1.62. The number of esters is 1. The summed E-state index contributed by atoms with van der Waals surface area (Å²) in [6.07, 6.45) is 0. The summed E-state index contributed by atoms with van der Waals surface area (Å²) in [5.74, 6) is 0.0345. The summed E-state index contributed by atoms with van der Waals surface area (Å²) in [7, 11) is 3.33. The lowest BCUT2D eigenvalue weighted by Crippen LogP contribution is -2.30. The molecule has 0 aliphatic heterocycles. The molecule has 0 atom stereocenters. The molecule has 146 valence electrons. The lowest BCUT2D eigenvalue weighted by atomic mass is 10.1. The normalized spacial score (nSPS) is 10.7. The van der Waals surface area contributed by atoms with Gasteiger partial charge in [-0.1, -0.05) is 18.2 Å². The number of aryl methyl sites for hydroxylation is 2. The minimum atomic E-state index is -0.510. The van der Waals surface area contributed by atoms with Gasteiger partial charge in [-0.15, -0.1) is 11.3 Å². The first-order valence-corrected chi connectivity index (χ1v) is 9.61. The summed E-state index contributed by atoms with van der Waals surface area (Å²) >= 11 is 1.27. The van der Waals surface area contributed by atoms with Crippen molar-refractivity contribution in [1.82, 2.24) is 9.88 Å². The highest BCUT2D eigenvalue weighted by molar-refractivity contribution is 7.13. The zero-order valence-corrected chi connectivity index (χ0v) is 17.1. The molecule has 1 amide bonds. The summed E-state index contributed by atoms with van der Waals surface area (Å²) < 4.78 is 10.4. The smallest absolute Gasteiger partial charge is 0.350 e. The van der Waals surface area contributed by atoms with Gasteiger partial charge in [0, 0.05) is 13.6 Å². The van der Waals surface area contributed by atoms with E-state index in [1.165, 1.54) is 11.3 Å². The molecule has 1 aromatic heterocycles. The van der Waals surface area contributed by atoms with Crippen LogP contribution in [0.1, 0.15) is 25.9 Å². The summed E-state index contributed by atoms with van der Waals surface area (Å²) in [6.45, 7) is 3.71. The molecule has 1 heterocycles. The monoisotopic (exact) mass is 398 g/mol. The number of fused-ring (bicyclic) bond motifs is 1. The summed E-state index contributed by atoms with van der Waals surface area (Å²) in [5, 5.41) is 2.93. The van der Waals surface area contributed by atoms with Crippen LogP contribution in [0.2, 0.25) is 0 Å². The van der Waals surface area contributed by atoms with Gasteiger partial charge in [0.2, 0.25) is 0 Å². The Bertz CT molecular complexity index is 1030. The van der Waals surface area contributed by atoms with E-state index < -0.39 is 5.97 Å². The van der Waals surface area contributed by atoms with Gasteiger partial charge in [0.15, 0.2) is 6.61 Å². The molecular formula is C21H22N2O4S. The topological polar surface area (TPSA) is 68.7 Å². The molecule has 0 fully saturated rings. The Labute approximate surface area is 167 Å². The standard InChI is InChI=1S/C21H22N2O4S/c1-13-20(28-14(2)22-13)21(25)27-12-19(24)23(3)11-15-5-6-17-10-18(26-4)8-7-16(17)9-15/h5-10H,11-12H2,1-4H3. The van der Waals surface area contributed by atoms with Crippen LogP contribution in [0.25, 0.3) is 10.8 Å². The van der Waals surface area contributed by atoms with Crippen molar-refractivity contribution in [3.05, 3.63) is 57.5 Å². The van der Waals surface area contributed by atoms with E-state index in [0.29, 0.717) is 17.1 Å². The van der Waals surface area contributed by atoms with Crippen LogP contribution in [0.3, 0.4) is 0 Å². The maximum atomic E-state index is 12.3. The quantitative estimate of drug-likeness (QED) is 0.592. The Morgan fingerprint density at radius 2 is 1.82 bits per heavy atom. The largest absolute Gasteiger partial charge is 0.497 e. The van der Waals surface area contributed by atoms with Crippen LogP contribution in [-0.4, -0.2) is 42.5 Å². The van der Waals surface area contributed by atoms with Gasteiger partial charge < -0.3 is 14.4 Å². The average Bonchev–Trinajstić information content (AvgIpc) is 3.03. The van der Waals surface area contributed by atoms with Crippen LogP contribution in [0.4, 0.5) is 0 Å². The second kappa shape index (κ2) is 8.39. The predicted molar refractivity (Wildman–Crippen MR) is 109 cm³/mol. The van der Waals surface area contributed by atoms with Crippen molar-refractivity contribution in [2.45, 2.75) is 20.4 Å². The van der Waals surface area contributed by atoms with Gasteiger partial charge in [0.1, 0.15) is 10.6 Å². The van der Waals surface area contributed by atoms with Crippen LogP contribution in [0.5, 0.6) is 5.75 Å². The van der Waals surface area contributed by atoms with Crippen molar-refractivity contribution in [3.8, 4) is 5.75 Å². The van der Waals surface area contributed by atoms with E-state index in [-0.39, 0.29) is 12.5 Å². The number of thiazole rings is 1. The molecule has 0 bridgehead atoms. The lowest BCUT2D eigenvalue weighted by Gasteiger charge is -2.17. The molecule has 0 radical (unpaired) electrons. The van der Waals surface area contributed by atoms with E-state index in [4.69, 9.17) is 9.47 Å². The van der Waals surface area contributed by atoms with Crippen molar-refractivity contribution >= 4 is 34.0 Å². The number of nitrogens with zero attached hydrogens (tertiary/aromatic N) is 2. The minimum Gasteiger partial charge on any atom is -0.497 e. The number of amides is 1. The highest BCUT2D eigenvalue weighted by Gasteiger charge is 2.18. The fourth-order valence-electron chi connectivity index (χ4n) is 2.88. The van der Waals surface area contributed by atoms with Crippen LogP contribution in [0.15, 0.2) is 36.4 Å². The van der Waals surface area contributed by atoms with E-state index >= 15 is 0 Å².